The Balaban J connectivity index is 1.92. The van der Waals surface area contributed by atoms with E-state index in [0.717, 1.165) is 4.47 Å². The molecule has 0 saturated heterocycles. The smallest absolute Gasteiger partial charge is 0.277 e. The van der Waals surface area contributed by atoms with Gasteiger partial charge in [-0.25, -0.2) is 5.43 Å². The second kappa shape index (κ2) is 9.29. The number of benzene rings is 2. The van der Waals surface area contributed by atoms with Gasteiger partial charge in [-0.2, -0.15) is 5.10 Å². The molecule has 0 radical (unpaired) electrons. The molecule has 2 rings (SSSR count). The Bertz CT molecular complexity index is 766. The molecule has 132 valence electrons. The molecule has 0 aliphatic carbocycles. The van der Waals surface area contributed by atoms with E-state index in [1.165, 1.54) is 6.21 Å². The van der Waals surface area contributed by atoms with Crippen molar-refractivity contribution in [3.8, 4) is 17.2 Å². The summed E-state index contributed by atoms with van der Waals surface area (Å²) < 4.78 is 16.5. The van der Waals surface area contributed by atoms with Gasteiger partial charge in [-0.3, -0.25) is 4.79 Å². The van der Waals surface area contributed by atoms with E-state index >= 15 is 0 Å². The molecule has 0 aliphatic heterocycles. The zero-order valence-corrected chi connectivity index (χ0v) is 15.9. The molecule has 1 N–H and O–H groups in total. The van der Waals surface area contributed by atoms with Gasteiger partial charge in [0, 0.05) is 16.7 Å². The third-order valence-electron chi connectivity index (χ3n) is 3.08. The first-order chi connectivity index (χ1) is 12.0. The van der Waals surface area contributed by atoms with Crippen molar-refractivity contribution >= 4 is 39.7 Å². The van der Waals surface area contributed by atoms with E-state index in [4.69, 9.17) is 25.8 Å². The van der Waals surface area contributed by atoms with Gasteiger partial charge in [0.15, 0.2) is 6.61 Å². The second-order valence-electron chi connectivity index (χ2n) is 4.76. The van der Waals surface area contributed by atoms with Crippen LogP contribution >= 0.6 is 27.5 Å². The first-order valence-corrected chi connectivity index (χ1v) is 8.32. The lowest BCUT2D eigenvalue weighted by atomic mass is 10.2. The molecular weight excluding hydrogens is 412 g/mol. The van der Waals surface area contributed by atoms with Gasteiger partial charge in [0.05, 0.1) is 24.9 Å². The van der Waals surface area contributed by atoms with Gasteiger partial charge in [-0.05, 0) is 46.3 Å². The monoisotopic (exact) mass is 426 g/mol. The molecule has 0 heterocycles. The topological polar surface area (TPSA) is 69.2 Å². The maximum absolute atomic E-state index is 11.8. The average molecular weight is 428 g/mol. The number of hydrazone groups is 1. The number of hydrogen-bond donors (Lipinski definition) is 1. The molecule has 0 unspecified atom stereocenters. The number of methoxy groups -OCH3 is 2. The minimum absolute atomic E-state index is 0.164. The molecule has 0 atom stereocenters. The van der Waals surface area contributed by atoms with Crippen molar-refractivity contribution in [3.63, 3.8) is 0 Å². The predicted octanol–water partition coefficient (Wildman–Crippen LogP) is 3.65. The Labute approximate surface area is 158 Å². The lowest BCUT2D eigenvalue weighted by Gasteiger charge is -2.09. The molecule has 6 nitrogen and oxygen atoms in total. The van der Waals surface area contributed by atoms with Crippen LogP contribution in [0.15, 0.2) is 46.0 Å². The molecule has 0 saturated carbocycles. The normalized spacial score (nSPS) is 10.6. The molecule has 2 aromatic rings. The number of nitrogens with zero attached hydrogens (tertiary/aromatic N) is 1. The van der Waals surface area contributed by atoms with Crippen LogP contribution in [0.4, 0.5) is 0 Å². The summed E-state index contributed by atoms with van der Waals surface area (Å²) in [5, 5.41) is 4.50. The van der Waals surface area contributed by atoms with Gasteiger partial charge in [0.2, 0.25) is 0 Å². The number of ether oxygens (including phenoxy) is 3. The Hall–Kier alpha value is -2.25. The molecule has 0 aromatic heterocycles. The van der Waals surface area contributed by atoms with E-state index in [-0.39, 0.29) is 6.61 Å². The standard InChI is InChI=1S/C17H16BrClN2O4/c1-23-15-8-16(24-2)14(18)7-11(15)9-20-21-17(22)10-25-13-5-3-12(19)4-6-13/h3-9H,10H2,1-2H3,(H,21,22). The second-order valence-corrected chi connectivity index (χ2v) is 6.06. The Morgan fingerprint density at radius 2 is 1.88 bits per heavy atom. The summed E-state index contributed by atoms with van der Waals surface area (Å²) in [7, 11) is 3.10. The minimum atomic E-state index is -0.391. The Morgan fingerprint density at radius 3 is 2.52 bits per heavy atom. The number of halogens is 2. The fourth-order valence-corrected chi connectivity index (χ4v) is 2.52. The van der Waals surface area contributed by atoms with Crippen LogP contribution in [-0.2, 0) is 4.79 Å². The van der Waals surface area contributed by atoms with Crippen LogP contribution in [0, 0.1) is 0 Å². The van der Waals surface area contributed by atoms with Gasteiger partial charge >= 0.3 is 0 Å². The van der Waals surface area contributed by atoms with E-state index in [1.54, 1.807) is 50.6 Å². The molecule has 8 heteroatoms. The molecule has 0 fully saturated rings. The van der Waals surface area contributed by atoms with E-state index in [1.807, 2.05) is 0 Å². The number of hydrogen-bond acceptors (Lipinski definition) is 5. The van der Waals surface area contributed by atoms with Gasteiger partial charge in [0.1, 0.15) is 17.2 Å². The highest BCUT2D eigenvalue weighted by atomic mass is 79.9. The van der Waals surface area contributed by atoms with E-state index in [0.29, 0.717) is 27.8 Å². The van der Waals surface area contributed by atoms with Gasteiger partial charge < -0.3 is 14.2 Å². The van der Waals surface area contributed by atoms with E-state index in [2.05, 4.69) is 26.5 Å². The van der Waals surface area contributed by atoms with Crippen LogP contribution in [-0.4, -0.2) is 32.9 Å². The van der Waals surface area contributed by atoms with Crippen molar-refractivity contribution < 1.29 is 19.0 Å². The van der Waals surface area contributed by atoms with E-state index in [9.17, 15) is 4.79 Å². The first-order valence-electron chi connectivity index (χ1n) is 7.15. The third kappa shape index (κ3) is 5.65. The highest BCUT2D eigenvalue weighted by molar-refractivity contribution is 9.10. The highest BCUT2D eigenvalue weighted by Gasteiger charge is 2.08. The van der Waals surface area contributed by atoms with Crippen molar-refractivity contribution in [2.45, 2.75) is 0 Å². The zero-order valence-electron chi connectivity index (χ0n) is 13.6. The summed E-state index contributed by atoms with van der Waals surface area (Å²) in [6.07, 6.45) is 1.48. The lowest BCUT2D eigenvalue weighted by molar-refractivity contribution is -0.123. The van der Waals surface area contributed by atoms with Crippen LogP contribution in [0.5, 0.6) is 17.2 Å². The number of carbonyl (C=O) groups excluding carboxylic acids is 1. The van der Waals surface area contributed by atoms with Crippen molar-refractivity contribution in [1.29, 1.82) is 0 Å². The van der Waals surface area contributed by atoms with Gasteiger partial charge in [-0.15, -0.1) is 0 Å². The lowest BCUT2D eigenvalue weighted by Crippen LogP contribution is -2.24. The van der Waals surface area contributed by atoms with Gasteiger partial charge in [-0.1, -0.05) is 11.6 Å². The average Bonchev–Trinajstić information content (AvgIpc) is 2.61. The number of carbonyl (C=O) groups is 1. The number of rotatable bonds is 7. The quantitative estimate of drug-likeness (QED) is 0.541. The van der Waals surface area contributed by atoms with Crippen LogP contribution < -0.4 is 19.6 Å². The Kier molecular flexibility index (Phi) is 7.09. The SMILES string of the molecule is COc1cc(OC)c(C=NNC(=O)COc2ccc(Cl)cc2)cc1Br. The molecule has 2 aromatic carbocycles. The molecular formula is C17H16BrClN2O4. The van der Waals surface area contributed by atoms with Gasteiger partial charge in [0.25, 0.3) is 5.91 Å². The molecule has 25 heavy (non-hydrogen) atoms. The molecule has 0 spiro atoms. The van der Waals surface area contributed by atoms with Crippen molar-refractivity contribution in [2.75, 3.05) is 20.8 Å². The minimum Gasteiger partial charge on any atom is -0.496 e. The molecule has 0 aliphatic rings. The summed E-state index contributed by atoms with van der Waals surface area (Å²) in [5.41, 5.74) is 3.06. The van der Waals surface area contributed by atoms with Crippen LogP contribution in [0.3, 0.4) is 0 Å². The first kappa shape index (κ1) is 19.1. The summed E-state index contributed by atoms with van der Waals surface area (Å²) in [5.74, 6) is 1.35. The Morgan fingerprint density at radius 1 is 1.20 bits per heavy atom. The number of nitrogens with one attached hydrogen (secondary N) is 1. The summed E-state index contributed by atoms with van der Waals surface area (Å²) in [6, 6.07) is 10.2. The zero-order chi connectivity index (χ0) is 18.2. The fourth-order valence-electron chi connectivity index (χ4n) is 1.87. The molecule has 1 amide bonds. The fraction of sp³-hybridized carbons (Fsp3) is 0.176. The summed E-state index contributed by atoms with van der Waals surface area (Å²) >= 11 is 9.17. The van der Waals surface area contributed by atoms with Crippen LogP contribution in [0.25, 0.3) is 0 Å². The third-order valence-corrected chi connectivity index (χ3v) is 3.95. The highest BCUT2D eigenvalue weighted by Crippen LogP contribution is 2.31. The summed E-state index contributed by atoms with van der Waals surface area (Å²) in [4.78, 5) is 11.8. The van der Waals surface area contributed by atoms with E-state index < -0.39 is 5.91 Å². The molecule has 0 bridgehead atoms. The van der Waals surface area contributed by atoms with Crippen molar-refractivity contribution in [2.24, 2.45) is 5.10 Å². The maximum Gasteiger partial charge on any atom is 0.277 e. The van der Waals surface area contributed by atoms with Crippen LogP contribution in [0.2, 0.25) is 5.02 Å². The van der Waals surface area contributed by atoms with Crippen molar-refractivity contribution in [3.05, 3.63) is 51.5 Å². The van der Waals surface area contributed by atoms with Crippen LogP contribution in [0.1, 0.15) is 5.56 Å². The maximum atomic E-state index is 11.8. The number of amides is 1. The summed E-state index contributed by atoms with van der Waals surface area (Å²) in [6.45, 7) is -0.164. The largest absolute Gasteiger partial charge is 0.496 e. The van der Waals surface area contributed by atoms with Crippen molar-refractivity contribution in [1.82, 2.24) is 5.43 Å². The predicted molar refractivity (Wildman–Crippen MR) is 99.9 cm³/mol.